The largest absolute Gasteiger partial charge is 0.495 e. The summed E-state index contributed by atoms with van der Waals surface area (Å²) in [7, 11) is 0. The molecule has 1 aromatic heterocycles. The Morgan fingerprint density at radius 2 is 2.06 bits per heavy atom. The maximum atomic E-state index is 13.6. The van der Waals surface area contributed by atoms with Crippen LogP contribution in [0, 0.1) is 41.3 Å². The summed E-state index contributed by atoms with van der Waals surface area (Å²) >= 11 is 0. The zero-order chi connectivity index (χ0) is 22.2. The van der Waals surface area contributed by atoms with Gasteiger partial charge >= 0.3 is 0 Å². The number of hydrogen-bond donors (Lipinski definition) is 1. The molecule has 0 radical (unpaired) electrons. The molecule has 7 atom stereocenters. The minimum absolute atomic E-state index is 0.207. The molecule has 1 aromatic carbocycles. The topological polar surface area (TPSA) is 48.1 Å². The normalized spacial score (nSPS) is 34.2. The van der Waals surface area contributed by atoms with E-state index in [1.54, 1.807) is 12.1 Å². The smallest absolute Gasteiger partial charge is 0.123 e. The number of hydrogen-bond acceptors (Lipinski definition) is 3. The van der Waals surface area contributed by atoms with Gasteiger partial charge < -0.3 is 10.5 Å². The minimum Gasteiger partial charge on any atom is -0.495 e. The van der Waals surface area contributed by atoms with Crippen LogP contribution in [-0.2, 0) is 4.74 Å². The maximum absolute atomic E-state index is 13.6. The van der Waals surface area contributed by atoms with Gasteiger partial charge in [0.25, 0.3) is 0 Å². The molecule has 2 aliphatic carbocycles. The SMILES string of the molecule is C=C1O[C@H](C)[C@H]2[C@@H](/C=C/c3ccc(-c4cccc(F)c4)cn3)[C@@H]3CC[C@@H](CN)C[C@H]3C[C@@H]12. The number of ether oxygens (including phenoxy) is 1. The van der Waals surface area contributed by atoms with Gasteiger partial charge in [-0.3, -0.25) is 4.98 Å². The van der Waals surface area contributed by atoms with E-state index < -0.39 is 0 Å². The van der Waals surface area contributed by atoms with Crippen LogP contribution < -0.4 is 5.73 Å². The van der Waals surface area contributed by atoms with Crippen molar-refractivity contribution in [2.24, 2.45) is 41.2 Å². The molecule has 1 saturated heterocycles. The second-order valence-electron chi connectivity index (χ2n) is 9.97. The van der Waals surface area contributed by atoms with Crippen LogP contribution in [0.15, 0.2) is 61.0 Å². The third kappa shape index (κ3) is 4.01. The highest BCUT2D eigenvalue weighted by Gasteiger charge is 2.52. The second-order valence-corrected chi connectivity index (χ2v) is 9.97. The van der Waals surface area contributed by atoms with Crippen molar-refractivity contribution in [3.8, 4) is 11.1 Å². The van der Waals surface area contributed by atoms with Gasteiger partial charge in [-0.25, -0.2) is 4.39 Å². The summed E-state index contributed by atoms with van der Waals surface area (Å²) in [5.41, 5.74) is 8.73. The van der Waals surface area contributed by atoms with Crippen molar-refractivity contribution in [1.29, 1.82) is 0 Å². The molecule has 3 aliphatic rings. The molecule has 4 heteroatoms. The van der Waals surface area contributed by atoms with Gasteiger partial charge in [0, 0.05) is 23.6 Å². The van der Waals surface area contributed by atoms with Crippen molar-refractivity contribution < 1.29 is 9.13 Å². The number of pyridine rings is 1. The third-order valence-electron chi connectivity index (χ3n) is 8.17. The Morgan fingerprint density at radius 1 is 1.19 bits per heavy atom. The van der Waals surface area contributed by atoms with Crippen LogP contribution in [0.5, 0.6) is 0 Å². The van der Waals surface area contributed by atoms with Crippen molar-refractivity contribution in [2.45, 2.75) is 38.7 Å². The lowest BCUT2D eigenvalue weighted by Gasteiger charge is -2.48. The van der Waals surface area contributed by atoms with Crippen LogP contribution in [-0.4, -0.2) is 17.6 Å². The molecule has 32 heavy (non-hydrogen) atoms. The lowest BCUT2D eigenvalue weighted by molar-refractivity contribution is 0.0237. The predicted octanol–water partition coefficient (Wildman–Crippen LogP) is 6.08. The van der Waals surface area contributed by atoms with Gasteiger partial charge in [0.2, 0.25) is 0 Å². The van der Waals surface area contributed by atoms with E-state index in [0.29, 0.717) is 35.5 Å². The summed E-state index contributed by atoms with van der Waals surface area (Å²) in [5.74, 6) is 4.18. The number of benzene rings is 1. The molecule has 3 nitrogen and oxygen atoms in total. The Bertz CT molecular complexity index is 1000. The highest BCUT2D eigenvalue weighted by molar-refractivity contribution is 5.63. The zero-order valence-electron chi connectivity index (χ0n) is 18.8. The Morgan fingerprint density at radius 3 is 2.81 bits per heavy atom. The molecule has 1 aliphatic heterocycles. The van der Waals surface area contributed by atoms with Gasteiger partial charge in [-0.1, -0.05) is 30.9 Å². The molecular weight excluding hydrogens is 399 g/mol. The van der Waals surface area contributed by atoms with Gasteiger partial charge in [0.15, 0.2) is 0 Å². The molecule has 2 heterocycles. The zero-order valence-corrected chi connectivity index (χ0v) is 18.8. The quantitative estimate of drug-likeness (QED) is 0.637. The van der Waals surface area contributed by atoms with Crippen molar-refractivity contribution in [1.82, 2.24) is 4.98 Å². The number of nitrogens with two attached hydrogens (primary N) is 1. The Balaban J connectivity index is 1.38. The average molecular weight is 433 g/mol. The predicted molar refractivity (Wildman–Crippen MR) is 127 cm³/mol. The van der Waals surface area contributed by atoms with E-state index in [2.05, 4.69) is 30.6 Å². The summed E-state index contributed by atoms with van der Waals surface area (Å²) in [6.45, 7) is 7.25. The number of aromatic nitrogens is 1. The number of halogens is 1. The maximum Gasteiger partial charge on any atom is 0.123 e. The van der Waals surface area contributed by atoms with Crippen molar-refractivity contribution in [3.05, 3.63) is 72.5 Å². The van der Waals surface area contributed by atoms with Crippen LogP contribution in [0.1, 0.15) is 38.3 Å². The second kappa shape index (κ2) is 8.82. The Kier molecular flexibility index (Phi) is 5.90. The van der Waals surface area contributed by atoms with Crippen LogP contribution in [0.4, 0.5) is 4.39 Å². The van der Waals surface area contributed by atoms with E-state index in [-0.39, 0.29) is 11.9 Å². The lowest BCUT2D eigenvalue weighted by atomic mass is 9.56. The molecule has 0 unspecified atom stereocenters. The van der Waals surface area contributed by atoms with Gasteiger partial charge in [0.1, 0.15) is 5.82 Å². The van der Waals surface area contributed by atoms with Crippen LogP contribution in [0.2, 0.25) is 0 Å². The number of allylic oxidation sites excluding steroid dienone is 2. The lowest BCUT2D eigenvalue weighted by Crippen LogP contribution is -2.44. The van der Waals surface area contributed by atoms with E-state index in [1.165, 1.54) is 31.7 Å². The fourth-order valence-corrected chi connectivity index (χ4v) is 6.63. The summed E-state index contributed by atoms with van der Waals surface area (Å²) in [5, 5.41) is 0. The molecule has 0 spiro atoms. The molecule has 2 saturated carbocycles. The molecule has 168 valence electrons. The van der Waals surface area contributed by atoms with E-state index >= 15 is 0 Å². The molecule has 0 bridgehead atoms. The standard InChI is InChI=1S/C28H33FN2O/c1-17-27-14-22-12-19(15-30)6-10-25(22)26(28(27)18(2)32-17)11-9-24-8-7-21(16-31-24)20-4-3-5-23(29)13-20/h3-5,7-9,11,13,16,18-19,22,25-28H,1,6,10,12,14-15,30H2,2H3/b11-9+/t18-,19-,22+,25-,26+,27+,28+/m1/s1. The first-order chi connectivity index (χ1) is 15.5. The third-order valence-corrected chi connectivity index (χ3v) is 8.17. The van der Waals surface area contributed by atoms with Gasteiger partial charge in [0.05, 0.1) is 17.6 Å². The molecule has 5 rings (SSSR count). The highest BCUT2D eigenvalue weighted by atomic mass is 19.1. The molecule has 2 N–H and O–H groups in total. The van der Waals surface area contributed by atoms with Crippen LogP contribution in [0.25, 0.3) is 17.2 Å². The molecule has 3 fully saturated rings. The van der Waals surface area contributed by atoms with Crippen LogP contribution in [0.3, 0.4) is 0 Å². The summed E-state index contributed by atoms with van der Waals surface area (Å²) < 4.78 is 19.7. The molecular formula is C28H33FN2O. The average Bonchev–Trinajstić information content (AvgIpc) is 3.09. The summed E-state index contributed by atoms with van der Waals surface area (Å²) in [6, 6.07) is 10.7. The fraction of sp³-hybridized carbons (Fsp3) is 0.464. The minimum atomic E-state index is -0.230. The summed E-state index contributed by atoms with van der Waals surface area (Å²) in [4.78, 5) is 4.64. The first-order valence-electron chi connectivity index (χ1n) is 12.0. The number of fused-ring (bicyclic) bond motifs is 2. The highest BCUT2D eigenvalue weighted by Crippen LogP contribution is 2.56. The van der Waals surface area contributed by atoms with E-state index in [1.807, 2.05) is 24.4 Å². The van der Waals surface area contributed by atoms with Crippen molar-refractivity contribution in [3.63, 3.8) is 0 Å². The Labute approximate surface area is 190 Å². The van der Waals surface area contributed by atoms with E-state index in [9.17, 15) is 4.39 Å². The molecule has 2 aromatic rings. The first kappa shape index (κ1) is 21.4. The Hall–Kier alpha value is -2.46. The van der Waals surface area contributed by atoms with E-state index in [0.717, 1.165) is 29.1 Å². The van der Waals surface area contributed by atoms with Crippen LogP contribution >= 0.6 is 0 Å². The monoisotopic (exact) mass is 432 g/mol. The van der Waals surface area contributed by atoms with E-state index in [4.69, 9.17) is 10.5 Å². The van der Waals surface area contributed by atoms with Gasteiger partial charge in [-0.2, -0.15) is 0 Å². The van der Waals surface area contributed by atoms with Gasteiger partial charge in [-0.05, 0) is 92.7 Å². The first-order valence-corrected chi connectivity index (χ1v) is 12.0. The molecule has 0 amide bonds. The van der Waals surface area contributed by atoms with Gasteiger partial charge in [-0.15, -0.1) is 0 Å². The summed E-state index contributed by atoms with van der Waals surface area (Å²) in [6.07, 6.45) is 11.5. The van der Waals surface area contributed by atoms with Crippen molar-refractivity contribution in [2.75, 3.05) is 6.54 Å². The fourth-order valence-electron chi connectivity index (χ4n) is 6.63. The number of rotatable bonds is 4. The number of nitrogens with zero attached hydrogens (tertiary/aromatic N) is 1. The van der Waals surface area contributed by atoms with Crippen molar-refractivity contribution >= 4 is 6.08 Å².